The van der Waals surface area contributed by atoms with Crippen molar-refractivity contribution in [2.45, 2.75) is 32.1 Å². The van der Waals surface area contributed by atoms with Crippen LogP contribution in [0.5, 0.6) is 5.75 Å². The van der Waals surface area contributed by atoms with Gasteiger partial charge in [-0.2, -0.15) is 5.10 Å². The Morgan fingerprint density at radius 3 is 2.82 bits per heavy atom. The number of carbonyl (C=O) groups is 1. The number of carbonyl (C=O) groups excluding carboxylic acids is 1. The third kappa shape index (κ3) is 3.13. The first-order chi connectivity index (χ1) is 10.8. The van der Waals surface area contributed by atoms with E-state index >= 15 is 0 Å². The normalized spacial score (nSPS) is 13.5. The van der Waals surface area contributed by atoms with Gasteiger partial charge in [-0.1, -0.05) is 12.1 Å². The van der Waals surface area contributed by atoms with Crippen LogP contribution in [0.2, 0.25) is 0 Å². The number of hydrogen-bond donors (Lipinski definition) is 2. The molecule has 1 amide bonds. The van der Waals surface area contributed by atoms with Crippen molar-refractivity contribution in [2.75, 3.05) is 13.7 Å². The monoisotopic (exact) mass is 299 g/mol. The molecular formula is C17H21N3O2. The number of fused-ring (bicyclic) bond motifs is 1. The minimum absolute atomic E-state index is 0.0760. The van der Waals surface area contributed by atoms with Gasteiger partial charge in [0.15, 0.2) is 5.69 Å². The van der Waals surface area contributed by atoms with Crippen LogP contribution in [0.4, 0.5) is 0 Å². The zero-order valence-corrected chi connectivity index (χ0v) is 12.8. The van der Waals surface area contributed by atoms with Crippen LogP contribution < -0.4 is 10.1 Å². The summed E-state index contributed by atoms with van der Waals surface area (Å²) in [5.74, 6) is 0.767. The summed E-state index contributed by atoms with van der Waals surface area (Å²) < 4.78 is 5.13. The zero-order chi connectivity index (χ0) is 15.4. The van der Waals surface area contributed by atoms with Gasteiger partial charge in [0.1, 0.15) is 5.75 Å². The Labute approximate surface area is 130 Å². The third-order valence-corrected chi connectivity index (χ3v) is 4.13. The van der Waals surface area contributed by atoms with Crippen molar-refractivity contribution in [3.05, 3.63) is 46.8 Å². The van der Waals surface area contributed by atoms with Crippen molar-refractivity contribution in [1.29, 1.82) is 0 Å². The first-order valence-corrected chi connectivity index (χ1v) is 7.75. The SMILES string of the molecule is COc1ccc(CCNC(=O)c2n[nH]c3c2CCCC3)cc1. The van der Waals surface area contributed by atoms with E-state index in [9.17, 15) is 4.79 Å². The maximum Gasteiger partial charge on any atom is 0.272 e. The van der Waals surface area contributed by atoms with Crippen molar-refractivity contribution < 1.29 is 9.53 Å². The fourth-order valence-corrected chi connectivity index (χ4v) is 2.87. The van der Waals surface area contributed by atoms with Crippen LogP contribution in [0.25, 0.3) is 0 Å². The van der Waals surface area contributed by atoms with E-state index in [1.165, 1.54) is 12.0 Å². The van der Waals surface area contributed by atoms with Crippen LogP contribution in [0.15, 0.2) is 24.3 Å². The smallest absolute Gasteiger partial charge is 0.272 e. The van der Waals surface area contributed by atoms with Crippen molar-refractivity contribution in [1.82, 2.24) is 15.5 Å². The summed E-state index contributed by atoms with van der Waals surface area (Å²) in [7, 11) is 1.65. The number of aromatic amines is 1. The second-order valence-electron chi connectivity index (χ2n) is 5.59. The summed E-state index contributed by atoms with van der Waals surface area (Å²) in [5, 5.41) is 10.2. The fourth-order valence-electron chi connectivity index (χ4n) is 2.87. The summed E-state index contributed by atoms with van der Waals surface area (Å²) in [5.41, 5.74) is 3.98. The van der Waals surface area contributed by atoms with E-state index in [-0.39, 0.29) is 5.91 Å². The highest BCUT2D eigenvalue weighted by molar-refractivity contribution is 5.94. The van der Waals surface area contributed by atoms with Gasteiger partial charge < -0.3 is 10.1 Å². The lowest BCUT2D eigenvalue weighted by molar-refractivity contribution is 0.0948. The van der Waals surface area contributed by atoms with E-state index in [2.05, 4.69) is 15.5 Å². The maximum absolute atomic E-state index is 12.3. The van der Waals surface area contributed by atoms with Crippen LogP contribution in [-0.4, -0.2) is 29.8 Å². The van der Waals surface area contributed by atoms with E-state index in [0.29, 0.717) is 12.2 Å². The van der Waals surface area contributed by atoms with Crippen molar-refractivity contribution in [3.63, 3.8) is 0 Å². The van der Waals surface area contributed by atoms with Gasteiger partial charge >= 0.3 is 0 Å². The van der Waals surface area contributed by atoms with Crippen LogP contribution >= 0.6 is 0 Å². The molecule has 3 rings (SSSR count). The molecule has 5 heteroatoms. The van der Waals surface area contributed by atoms with Crippen molar-refractivity contribution in [3.8, 4) is 5.75 Å². The van der Waals surface area contributed by atoms with Crippen LogP contribution in [0.1, 0.15) is 40.2 Å². The van der Waals surface area contributed by atoms with Gasteiger partial charge in [0.05, 0.1) is 7.11 Å². The molecule has 1 aromatic carbocycles. The van der Waals surface area contributed by atoms with Gasteiger partial charge in [-0.05, 0) is 49.8 Å². The van der Waals surface area contributed by atoms with Crippen LogP contribution in [-0.2, 0) is 19.3 Å². The molecule has 0 saturated carbocycles. The Balaban J connectivity index is 1.55. The van der Waals surface area contributed by atoms with Gasteiger partial charge in [0, 0.05) is 17.8 Å². The summed E-state index contributed by atoms with van der Waals surface area (Å²) >= 11 is 0. The van der Waals surface area contributed by atoms with Gasteiger partial charge in [-0.15, -0.1) is 0 Å². The quantitative estimate of drug-likeness (QED) is 0.890. The Kier molecular flexibility index (Phi) is 4.42. The molecule has 0 radical (unpaired) electrons. The summed E-state index contributed by atoms with van der Waals surface area (Å²) in [6, 6.07) is 7.89. The van der Waals surface area contributed by atoms with E-state index in [1.807, 2.05) is 24.3 Å². The number of ether oxygens (including phenoxy) is 1. The molecule has 0 fully saturated rings. The first-order valence-electron chi connectivity index (χ1n) is 7.75. The summed E-state index contributed by atoms with van der Waals surface area (Å²) in [6.45, 7) is 0.604. The van der Waals surface area contributed by atoms with Gasteiger partial charge in [0.2, 0.25) is 0 Å². The second-order valence-corrected chi connectivity index (χ2v) is 5.59. The second kappa shape index (κ2) is 6.64. The largest absolute Gasteiger partial charge is 0.497 e. The number of methoxy groups -OCH3 is 1. The van der Waals surface area contributed by atoms with E-state index < -0.39 is 0 Å². The molecule has 1 heterocycles. The number of nitrogens with zero attached hydrogens (tertiary/aromatic N) is 1. The van der Waals surface area contributed by atoms with Crippen LogP contribution in [0, 0.1) is 0 Å². The van der Waals surface area contributed by atoms with Gasteiger partial charge in [-0.25, -0.2) is 0 Å². The lowest BCUT2D eigenvalue weighted by Crippen LogP contribution is -2.27. The van der Waals surface area contributed by atoms with Gasteiger partial charge in [-0.3, -0.25) is 9.89 Å². The number of aryl methyl sites for hydroxylation is 1. The number of aromatic nitrogens is 2. The summed E-state index contributed by atoms with van der Waals surface area (Å²) in [6.07, 6.45) is 5.06. The molecule has 2 aromatic rings. The highest BCUT2D eigenvalue weighted by Gasteiger charge is 2.21. The average molecular weight is 299 g/mol. The number of rotatable bonds is 5. The first kappa shape index (κ1) is 14.6. The molecule has 0 aliphatic heterocycles. The average Bonchev–Trinajstić information content (AvgIpc) is 2.99. The lowest BCUT2D eigenvalue weighted by atomic mass is 9.96. The zero-order valence-electron chi connectivity index (χ0n) is 12.8. The standard InChI is InChI=1S/C17H21N3O2/c1-22-13-8-6-12(7-9-13)10-11-18-17(21)16-14-4-2-3-5-15(14)19-20-16/h6-9H,2-5,10-11H2,1H3,(H,18,21)(H,19,20). The third-order valence-electron chi connectivity index (χ3n) is 4.13. The minimum atomic E-state index is -0.0760. The molecule has 0 spiro atoms. The highest BCUT2D eigenvalue weighted by Crippen LogP contribution is 2.21. The maximum atomic E-state index is 12.3. The molecule has 22 heavy (non-hydrogen) atoms. The molecule has 0 bridgehead atoms. The molecule has 1 aliphatic rings. The Bertz CT molecular complexity index is 646. The number of nitrogens with one attached hydrogen (secondary N) is 2. The minimum Gasteiger partial charge on any atom is -0.497 e. The highest BCUT2D eigenvalue weighted by atomic mass is 16.5. The number of hydrogen-bond acceptors (Lipinski definition) is 3. The van der Waals surface area contributed by atoms with E-state index in [0.717, 1.165) is 42.7 Å². The Morgan fingerprint density at radius 1 is 1.27 bits per heavy atom. The number of benzene rings is 1. The van der Waals surface area contributed by atoms with Gasteiger partial charge in [0.25, 0.3) is 5.91 Å². The van der Waals surface area contributed by atoms with Crippen molar-refractivity contribution in [2.24, 2.45) is 0 Å². The molecule has 0 unspecified atom stereocenters. The molecule has 0 saturated heterocycles. The molecule has 116 valence electrons. The predicted octanol–water partition coefficient (Wildman–Crippen LogP) is 2.27. The predicted molar refractivity (Wildman–Crippen MR) is 84.3 cm³/mol. The summed E-state index contributed by atoms with van der Waals surface area (Å²) in [4.78, 5) is 12.3. The Morgan fingerprint density at radius 2 is 2.05 bits per heavy atom. The van der Waals surface area contributed by atoms with Crippen LogP contribution in [0.3, 0.4) is 0 Å². The number of amides is 1. The Hall–Kier alpha value is -2.30. The fraction of sp³-hybridized carbons (Fsp3) is 0.412. The molecule has 0 atom stereocenters. The molecule has 5 nitrogen and oxygen atoms in total. The molecule has 1 aromatic heterocycles. The molecular weight excluding hydrogens is 278 g/mol. The molecule has 2 N–H and O–H groups in total. The number of H-pyrrole nitrogens is 1. The molecule has 1 aliphatic carbocycles. The lowest BCUT2D eigenvalue weighted by Gasteiger charge is -2.11. The van der Waals surface area contributed by atoms with Crippen molar-refractivity contribution >= 4 is 5.91 Å². The topological polar surface area (TPSA) is 67.0 Å². The van der Waals surface area contributed by atoms with E-state index in [4.69, 9.17) is 4.74 Å². The van der Waals surface area contributed by atoms with E-state index in [1.54, 1.807) is 7.11 Å².